The van der Waals surface area contributed by atoms with Crippen molar-refractivity contribution in [1.29, 1.82) is 0 Å². The zero-order valence-corrected chi connectivity index (χ0v) is 15.7. The lowest BCUT2D eigenvalue weighted by Crippen LogP contribution is -2.31. The maximum Gasteiger partial charge on any atom is 0.323 e. The van der Waals surface area contributed by atoms with Gasteiger partial charge in [0.15, 0.2) is 5.82 Å². The molecule has 150 valence electrons. The van der Waals surface area contributed by atoms with E-state index in [0.717, 1.165) is 29.8 Å². The third-order valence-electron chi connectivity index (χ3n) is 4.77. The van der Waals surface area contributed by atoms with Crippen molar-refractivity contribution in [2.45, 2.75) is 26.1 Å². The molecule has 0 fully saturated rings. The largest absolute Gasteiger partial charge is 0.338 e. The Morgan fingerprint density at radius 3 is 2.76 bits per heavy atom. The number of urea groups is 1. The predicted octanol–water partition coefficient (Wildman–Crippen LogP) is 2.87. The number of nitrogens with two attached hydrogens (primary N) is 1. The Morgan fingerprint density at radius 1 is 1.17 bits per heavy atom. The van der Waals surface area contributed by atoms with Crippen molar-refractivity contribution in [2.24, 2.45) is 5.73 Å². The van der Waals surface area contributed by atoms with Gasteiger partial charge in [-0.2, -0.15) is 4.98 Å². The molecule has 0 unspecified atom stereocenters. The van der Waals surface area contributed by atoms with Crippen LogP contribution in [0.25, 0.3) is 0 Å². The summed E-state index contributed by atoms with van der Waals surface area (Å²) in [5.74, 6) is 0.546. The van der Waals surface area contributed by atoms with Gasteiger partial charge in [-0.05, 0) is 35.7 Å². The number of anilines is 2. The first-order valence-corrected chi connectivity index (χ1v) is 9.29. The van der Waals surface area contributed by atoms with E-state index in [1.54, 1.807) is 12.1 Å². The van der Waals surface area contributed by atoms with Crippen LogP contribution in [0, 0.1) is 5.82 Å². The Labute approximate surface area is 166 Å². The zero-order valence-electron chi connectivity index (χ0n) is 15.7. The molecule has 1 aliphatic rings. The highest BCUT2D eigenvalue weighted by atomic mass is 19.1. The van der Waals surface area contributed by atoms with Crippen molar-refractivity contribution in [1.82, 2.24) is 15.0 Å². The number of aromatic nitrogens is 2. The van der Waals surface area contributed by atoms with E-state index >= 15 is 0 Å². The van der Waals surface area contributed by atoms with Gasteiger partial charge >= 0.3 is 6.03 Å². The Balaban J connectivity index is 1.42. The molecule has 0 saturated carbocycles. The first-order chi connectivity index (χ1) is 14.1. The lowest BCUT2D eigenvalue weighted by atomic mass is 9.97. The second-order valence-electron chi connectivity index (χ2n) is 6.77. The van der Waals surface area contributed by atoms with Gasteiger partial charge in [0.1, 0.15) is 5.82 Å². The highest BCUT2D eigenvalue weighted by molar-refractivity contribution is 6.00. The summed E-state index contributed by atoms with van der Waals surface area (Å²) < 4.78 is 18.8. The molecule has 3 aromatic rings. The number of hydrogen-bond donors (Lipinski definition) is 3. The van der Waals surface area contributed by atoms with Gasteiger partial charge in [-0.25, -0.2) is 9.18 Å². The summed E-state index contributed by atoms with van der Waals surface area (Å²) in [6.07, 6.45) is 0.757. The number of rotatable bonds is 5. The molecule has 4 rings (SSSR count). The van der Waals surface area contributed by atoms with Crippen molar-refractivity contribution in [3.63, 3.8) is 0 Å². The van der Waals surface area contributed by atoms with Crippen LogP contribution in [0.2, 0.25) is 0 Å². The Kier molecular flexibility index (Phi) is 5.50. The smallest absolute Gasteiger partial charge is 0.323 e. The molecule has 0 aliphatic carbocycles. The van der Waals surface area contributed by atoms with Gasteiger partial charge < -0.3 is 20.9 Å². The second-order valence-corrected chi connectivity index (χ2v) is 6.77. The lowest BCUT2D eigenvalue weighted by molar-refractivity contribution is 0.235. The molecule has 2 aromatic carbocycles. The van der Waals surface area contributed by atoms with Crippen LogP contribution in [0.4, 0.5) is 20.6 Å². The van der Waals surface area contributed by atoms with Gasteiger partial charge in [0.25, 0.3) is 0 Å². The summed E-state index contributed by atoms with van der Waals surface area (Å²) in [6.45, 7) is 2.27. The fourth-order valence-corrected chi connectivity index (χ4v) is 3.40. The summed E-state index contributed by atoms with van der Waals surface area (Å²) >= 11 is 0. The van der Waals surface area contributed by atoms with Crippen LogP contribution in [0.15, 0.2) is 47.0 Å². The Bertz CT molecular complexity index is 1020. The Morgan fingerprint density at radius 2 is 1.97 bits per heavy atom. The molecule has 0 saturated heterocycles. The zero-order chi connectivity index (χ0) is 20.2. The van der Waals surface area contributed by atoms with E-state index in [4.69, 9.17) is 10.3 Å². The minimum Gasteiger partial charge on any atom is -0.338 e. The van der Waals surface area contributed by atoms with Crippen molar-refractivity contribution < 1.29 is 13.7 Å². The number of amides is 2. The summed E-state index contributed by atoms with van der Waals surface area (Å²) in [5.41, 5.74) is 8.55. The second kappa shape index (κ2) is 8.38. The molecule has 29 heavy (non-hydrogen) atoms. The van der Waals surface area contributed by atoms with E-state index in [2.05, 4.69) is 25.7 Å². The van der Waals surface area contributed by atoms with Crippen molar-refractivity contribution >= 4 is 17.4 Å². The summed E-state index contributed by atoms with van der Waals surface area (Å²) in [6, 6.07) is 11.3. The quantitative estimate of drug-likeness (QED) is 0.612. The molecule has 0 radical (unpaired) electrons. The highest BCUT2D eigenvalue weighted by Gasteiger charge is 2.21. The van der Waals surface area contributed by atoms with Gasteiger partial charge in [-0.1, -0.05) is 29.4 Å². The minimum atomic E-state index is -0.480. The number of hydrogen-bond acceptors (Lipinski definition) is 6. The maximum absolute atomic E-state index is 13.7. The van der Waals surface area contributed by atoms with Crippen LogP contribution >= 0.6 is 0 Å². The normalized spacial score (nSPS) is 13.7. The standard InChI is InChI=1S/C20H21FN6O2/c21-15-5-1-2-6-17(15)24-20(28)23-16-7-3-4-13-11-27(9-8-14(13)16)12-18-25-19(10-22)29-26-18/h1-7H,8-12,22H2,(H2,23,24,28). The summed E-state index contributed by atoms with van der Waals surface area (Å²) in [7, 11) is 0. The van der Waals surface area contributed by atoms with Gasteiger partial charge in [-0.3, -0.25) is 4.90 Å². The third-order valence-corrected chi connectivity index (χ3v) is 4.77. The molecule has 4 N–H and O–H groups in total. The molecule has 0 bridgehead atoms. The van der Waals surface area contributed by atoms with E-state index in [9.17, 15) is 9.18 Å². The summed E-state index contributed by atoms with van der Waals surface area (Å²) in [4.78, 5) is 18.8. The number of halogens is 1. The van der Waals surface area contributed by atoms with E-state index in [1.165, 1.54) is 12.1 Å². The molecule has 1 aliphatic heterocycles. The van der Waals surface area contributed by atoms with Crippen LogP contribution in [0.5, 0.6) is 0 Å². The van der Waals surface area contributed by atoms with Crippen LogP contribution in [0.1, 0.15) is 22.8 Å². The molecule has 8 nitrogen and oxygen atoms in total. The number of nitrogens with zero attached hydrogens (tertiary/aromatic N) is 3. The van der Waals surface area contributed by atoms with Crippen molar-refractivity contribution in [3.05, 3.63) is 71.1 Å². The van der Waals surface area contributed by atoms with Crippen LogP contribution in [0.3, 0.4) is 0 Å². The van der Waals surface area contributed by atoms with E-state index in [1.807, 2.05) is 18.2 Å². The first kappa shape index (κ1) is 19.0. The molecule has 9 heteroatoms. The number of carbonyl (C=O) groups is 1. The SMILES string of the molecule is NCc1nc(CN2CCc3c(cccc3NC(=O)Nc3ccccc3F)C2)no1. The van der Waals surface area contributed by atoms with Gasteiger partial charge in [0, 0.05) is 18.8 Å². The summed E-state index contributed by atoms with van der Waals surface area (Å²) in [5, 5.41) is 9.31. The number of carbonyl (C=O) groups excluding carboxylic acids is 1. The number of benzene rings is 2. The van der Waals surface area contributed by atoms with Gasteiger partial charge in [-0.15, -0.1) is 0 Å². The average Bonchev–Trinajstić information content (AvgIpc) is 3.17. The van der Waals surface area contributed by atoms with Crippen LogP contribution in [-0.4, -0.2) is 27.6 Å². The highest BCUT2D eigenvalue weighted by Crippen LogP contribution is 2.27. The lowest BCUT2D eigenvalue weighted by Gasteiger charge is -2.29. The first-order valence-electron chi connectivity index (χ1n) is 9.29. The fourth-order valence-electron chi connectivity index (χ4n) is 3.40. The number of para-hydroxylation sites is 1. The molecule has 2 heterocycles. The monoisotopic (exact) mass is 396 g/mol. The maximum atomic E-state index is 13.7. The fraction of sp³-hybridized carbons (Fsp3) is 0.250. The number of nitrogens with one attached hydrogen (secondary N) is 2. The molecule has 1 aromatic heterocycles. The minimum absolute atomic E-state index is 0.137. The van der Waals surface area contributed by atoms with Crippen molar-refractivity contribution in [2.75, 3.05) is 17.2 Å². The number of fused-ring (bicyclic) bond motifs is 1. The molecule has 0 spiro atoms. The van der Waals surface area contributed by atoms with Gasteiger partial charge in [0.05, 0.1) is 18.8 Å². The topological polar surface area (TPSA) is 109 Å². The van der Waals surface area contributed by atoms with E-state index in [-0.39, 0.29) is 12.2 Å². The van der Waals surface area contributed by atoms with E-state index in [0.29, 0.717) is 24.8 Å². The molecular weight excluding hydrogens is 375 g/mol. The Hall–Kier alpha value is -3.30. The van der Waals surface area contributed by atoms with Gasteiger partial charge in [0.2, 0.25) is 5.89 Å². The van der Waals surface area contributed by atoms with Crippen LogP contribution < -0.4 is 16.4 Å². The van der Waals surface area contributed by atoms with Crippen LogP contribution in [-0.2, 0) is 26.1 Å². The molecular formula is C20H21FN6O2. The third kappa shape index (κ3) is 4.41. The molecule has 2 amide bonds. The van der Waals surface area contributed by atoms with E-state index < -0.39 is 11.8 Å². The molecule has 0 atom stereocenters. The van der Waals surface area contributed by atoms with Crippen molar-refractivity contribution in [3.8, 4) is 0 Å². The predicted molar refractivity (Wildman–Crippen MR) is 105 cm³/mol. The average molecular weight is 396 g/mol.